The number of ether oxygens (including phenoxy) is 1. The lowest BCUT2D eigenvalue weighted by molar-refractivity contribution is -0.432. The molecular formula is C29H34N3O9S2+. The Morgan fingerprint density at radius 3 is 2.51 bits per heavy atom. The van der Waals surface area contributed by atoms with Gasteiger partial charge in [-0.25, -0.2) is 14.8 Å². The molecule has 230 valence electrons. The normalized spacial score (nSPS) is 17.8. The van der Waals surface area contributed by atoms with E-state index < -0.39 is 27.4 Å². The first-order chi connectivity index (χ1) is 20.1. The summed E-state index contributed by atoms with van der Waals surface area (Å²) in [6, 6.07) is 7.40. The van der Waals surface area contributed by atoms with Gasteiger partial charge < -0.3 is 14.7 Å². The van der Waals surface area contributed by atoms with Crippen LogP contribution < -0.4 is 24.9 Å². The number of nitrogens with zero attached hydrogens (tertiary/aromatic N) is 3. The molecular weight excluding hydrogens is 598 g/mol. The van der Waals surface area contributed by atoms with Crippen molar-refractivity contribution >= 4 is 50.7 Å². The molecule has 0 spiro atoms. The van der Waals surface area contributed by atoms with Gasteiger partial charge >= 0.3 is 5.97 Å². The van der Waals surface area contributed by atoms with E-state index in [1.807, 2.05) is 37.9 Å². The number of carboxylic acids is 1. The number of likely N-dealkylation sites (N-methyl/N-ethyl adjacent to an activating group) is 1. The van der Waals surface area contributed by atoms with E-state index in [-0.39, 0.29) is 12.0 Å². The maximum absolute atomic E-state index is 12.0. The van der Waals surface area contributed by atoms with Crippen LogP contribution in [0.1, 0.15) is 51.7 Å². The lowest BCUT2D eigenvalue weighted by Crippen LogP contribution is -2.47. The van der Waals surface area contributed by atoms with Gasteiger partial charge in [-0.2, -0.15) is 8.42 Å². The minimum absolute atomic E-state index is 0.0171. The molecule has 0 saturated carbocycles. The Bertz CT molecular complexity index is 1800. The van der Waals surface area contributed by atoms with Crippen molar-refractivity contribution in [2.75, 3.05) is 30.0 Å². The SMILES string of the molecule is C[N+]1=c2cc3c(cc2C(CSOOO)=CC1(C)C)=Nc1cc2c(cc1O3)N(CCCC(=O)O)C(C)(C)C=C2CS(=O)(=O)O. The molecule has 43 heavy (non-hydrogen) atoms. The molecule has 0 saturated heterocycles. The Kier molecular flexibility index (Phi) is 8.22. The fraction of sp³-hybridized carbons (Fsp3) is 0.414. The summed E-state index contributed by atoms with van der Waals surface area (Å²) in [5.41, 5.74) is 2.98. The number of carbonyl (C=O) groups is 1. The highest BCUT2D eigenvalue weighted by Crippen LogP contribution is 2.47. The number of fused-ring (bicyclic) bond motifs is 4. The van der Waals surface area contributed by atoms with Gasteiger partial charge in [0.25, 0.3) is 10.1 Å². The molecule has 0 unspecified atom stereocenters. The molecule has 3 heterocycles. The minimum atomic E-state index is -4.35. The average Bonchev–Trinajstić information content (AvgIpc) is 2.89. The maximum Gasteiger partial charge on any atom is 0.303 e. The van der Waals surface area contributed by atoms with Crippen LogP contribution >= 0.6 is 12.0 Å². The zero-order valence-corrected chi connectivity index (χ0v) is 26.1. The Morgan fingerprint density at radius 2 is 1.84 bits per heavy atom. The molecule has 0 aromatic heterocycles. The maximum atomic E-state index is 12.0. The lowest BCUT2D eigenvalue weighted by Gasteiger charge is -2.44. The monoisotopic (exact) mass is 632 g/mol. The quantitative estimate of drug-likeness (QED) is 0.0745. The molecule has 0 radical (unpaired) electrons. The first-order valence-corrected chi connectivity index (χ1v) is 16.1. The first-order valence-electron chi connectivity index (χ1n) is 13.6. The van der Waals surface area contributed by atoms with Crippen molar-refractivity contribution in [1.29, 1.82) is 0 Å². The summed E-state index contributed by atoms with van der Waals surface area (Å²) in [7, 11) is -2.36. The second-order valence-electron chi connectivity index (χ2n) is 11.9. The molecule has 12 nitrogen and oxygen atoms in total. The molecule has 3 N–H and O–H groups in total. The van der Waals surface area contributed by atoms with Crippen molar-refractivity contribution in [2.45, 2.75) is 51.6 Å². The number of rotatable bonds is 10. The van der Waals surface area contributed by atoms with Crippen LogP contribution in [0.3, 0.4) is 0 Å². The minimum Gasteiger partial charge on any atom is -0.481 e. The van der Waals surface area contributed by atoms with Gasteiger partial charge in [-0.1, -0.05) is 11.1 Å². The summed E-state index contributed by atoms with van der Waals surface area (Å²) < 4.78 is 46.9. The van der Waals surface area contributed by atoms with E-state index in [1.54, 1.807) is 18.2 Å². The van der Waals surface area contributed by atoms with Gasteiger partial charge in [-0.15, -0.1) is 4.33 Å². The van der Waals surface area contributed by atoms with Gasteiger partial charge in [0.1, 0.15) is 23.8 Å². The highest BCUT2D eigenvalue weighted by atomic mass is 32.2. The van der Waals surface area contributed by atoms with Crippen molar-refractivity contribution in [1.82, 2.24) is 4.58 Å². The van der Waals surface area contributed by atoms with Crippen LogP contribution in [-0.2, 0) is 24.3 Å². The Labute approximate surface area is 253 Å². The van der Waals surface area contributed by atoms with Crippen molar-refractivity contribution in [2.24, 2.45) is 4.99 Å². The van der Waals surface area contributed by atoms with Gasteiger partial charge in [0, 0.05) is 61.9 Å². The van der Waals surface area contributed by atoms with Gasteiger partial charge in [-0.3, -0.25) is 9.35 Å². The van der Waals surface area contributed by atoms with Crippen LogP contribution in [0, 0.1) is 0 Å². The molecule has 0 bridgehead atoms. The molecule has 2 aromatic rings. The molecule has 0 atom stereocenters. The van der Waals surface area contributed by atoms with Crippen LogP contribution in [-0.4, -0.2) is 65.5 Å². The molecule has 0 fully saturated rings. The standard InChI is InChI=1S/C29H33N3O9S2/c1-28(2)13-17(15-42-41-40-35)19-9-21-25(11-23(19)31(28)5)39-26-12-24-20(10-22(26)30-21)18(16-43(36,37)38)14-29(3,4)32(24)8-6-7-27(33)34/h9-14H,6-8,15-16H2,1-5H3,(H2-,33,34,35,36,37,38)/p+1. The Morgan fingerprint density at radius 1 is 1.09 bits per heavy atom. The van der Waals surface area contributed by atoms with E-state index in [4.69, 9.17) is 15.0 Å². The smallest absolute Gasteiger partial charge is 0.303 e. The fourth-order valence-electron chi connectivity index (χ4n) is 5.86. The lowest BCUT2D eigenvalue weighted by atomic mass is 9.88. The number of aliphatic carboxylic acids is 1. The summed E-state index contributed by atoms with van der Waals surface area (Å²) in [4.78, 5) is 18.1. The molecule has 3 aliphatic rings. The third-order valence-electron chi connectivity index (χ3n) is 7.98. The van der Waals surface area contributed by atoms with E-state index in [2.05, 4.69) is 33.9 Å². The molecule has 2 aromatic carbocycles. The zero-order valence-electron chi connectivity index (χ0n) is 24.4. The first kappa shape index (κ1) is 31.2. The third kappa shape index (κ3) is 6.35. The van der Waals surface area contributed by atoms with Crippen LogP contribution in [0.25, 0.3) is 11.1 Å². The highest BCUT2D eigenvalue weighted by molar-refractivity contribution is 7.95. The molecule has 14 heteroatoms. The van der Waals surface area contributed by atoms with Gasteiger partial charge in [0.05, 0.1) is 17.2 Å². The van der Waals surface area contributed by atoms with E-state index in [0.717, 1.165) is 28.5 Å². The predicted molar refractivity (Wildman–Crippen MR) is 163 cm³/mol. The predicted octanol–water partition coefficient (Wildman–Crippen LogP) is 3.84. The number of hydrogen-bond acceptors (Lipinski definition) is 10. The fourth-order valence-corrected chi connectivity index (χ4v) is 6.95. The number of anilines is 1. The topological polar surface area (TPSA) is 158 Å². The van der Waals surface area contributed by atoms with Crippen LogP contribution in [0.15, 0.2) is 41.4 Å². The van der Waals surface area contributed by atoms with Crippen molar-refractivity contribution < 1.29 is 42.2 Å². The van der Waals surface area contributed by atoms with Gasteiger partial charge in [0.15, 0.2) is 17.0 Å². The summed E-state index contributed by atoms with van der Waals surface area (Å²) in [6.45, 7) is 8.38. The summed E-state index contributed by atoms with van der Waals surface area (Å²) in [6.07, 6.45) is 4.25. The van der Waals surface area contributed by atoms with E-state index in [0.29, 0.717) is 58.1 Å². The van der Waals surface area contributed by atoms with Gasteiger partial charge in [0.2, 0.25) is 5.36 Å². The van der Waals surface area contributed by atoms with Crippen molar-refractivity contribution in [3.63, 3.8) is 0 Å². The molecule has 3 aliphatic heterocycles. The highest BCUT2D eigenvalue weighted by Gasteiger charge is 2.36. The van der Waals surface area contributed by atoms with Crippen LogP contribution in [0.5, 0.6) is 11.5 Å². The van der Waals surface area contributed by atoms with Crippen molar-refractivity contribution in [3.05, 3.63) is 58.3 Å². The number of benzene rings is 2. The summed E-state index contributed by atoms with van der Waals surface area (Å²) in [5, 5.41) is 23.0. The third-order valence-corrected chi connectivity index (χ3v) is 9.24. The number of hydrogen-bond donors (Lipinski definition) is 3. The second kappa shape index (κ2) is 11.3. The van der Waals surface area contributed by atoms with Crippen molar-refractivity contribution in [3.8, 4) is 11.5 Å². The summed E-state index contributed by atoms with van der Waals surface area (Å²) in [5.74, 6) is -0.0748. The molecule has 0 aliphatic carbocycles. The largest absolute Gasteiger partial charge is 0.481 e. The average molecular weight is 633 g/mol. The molecule has 5 rings (SSSR count). The van der Waals surface area contributed by atoms with Gasteiger partial charge in [-0.05, 0) is 49.6 Å². The van der Waals surface area contributed by atoms with E-state index in [1.165, 1.54) is 0 Å². The summed E-state index contributed by atoms with van der Waals surface area (Å²) >= 11 is 0.945. The number of carboxylic acid groups (broad SMARTS) is 1. The van der Waals surface area contributed by atoms with Crippen LogP contribution in [0.2, 0.25) is 0 Å². The zero-order chi connectivity index (χ0) is 31.3. The van der Waals surface area contributed by atoms with E-state index >= 15 is 0 Å². The Hall–Kier alpha value is -3.27. The van der Waals surface area contributed by atoms with Crippen LogP contribution in [0.4, 0.5) is 11.4 Å². The Balaban J connectivity index is 1.65. The van der Waals surface area contributed by atoms with E-state index in [9.17, 15) is 22.9 Å². The molecule has 0 amide bonds. The second-order valence-corrected chi connectivity index (χ2v) is 14.0.